The van der Waals surface area contributed by atoms with E-state index in [1.165, 1.54) is 0 Å². The molecule has 0 aliphatic heterocycles. The van der Waals surface area contributed by atoms with Crippen molar-refractivity contribution < 1.29 is 9.90 Å². The number of nitrogens with one attached hydrogen (secondary N) is 1. The molecule has 1 aromatic carbocycles. The van der Waals surface area contributed by atoms with E-state index in [1.807, 2.05) is 32.9 Å². The van der Waals surface area contributed by atoms with Gasteiger partial charge in [-0.25, -0.2) is 0 Å². The third-order valence-electron chi connectivity index (χ3n) is 2.80. The highest BCUT2D eigenvalue weighted by atomic mass is 79.9. The van der Waals surface area contributed by atoms with E-state index >= 15 is 0 Å². The van der Waals surface area contributed by atoms with Gasteiger partial charge in [0.1, 0.15) is 0 Å². The summed E-state index contributed by atoms with van der Waals surface area (Å²) in [5.74, 6) is -0.0607. The first-order valence-electron chi connectivity index (χ1n) is 5.63. The highest BCUT2D eigenvalue weighted by molar-refractivity contribution is 9.10. The first-order chi connectivity index (χ1) is 7.93. The molecule has 0 saturated heterocycles. The smallest absolute Gasteiger partial charge is 0.251 e. The van der Waals surface area contributed by atoms with E-state index in [2.05, 4.69) is 21.2 Å². The Kier molecular flexibility index (Phi) is 5.15. The summed E-state index contributed by atoms with van der Waals surface area (Å²) in [7, 11) is 0. The molecule has 94 valence electrons. The van der Waals surface area contributed by atoms with E-state index in [0.717, 1.165) is 10.0 Å². The van der Waals surface area contributed by atoms with Crippen molar-refractivity contribution in [3.8, 4) is 0 Å². The van der Waals surface area contributed by atoms with Crippen LogP contribution in [0.4, 0.5) is 0 Å². The molecule has 0 aliphatic rings. The number of carbonyl (C=O) groups is 1. The molecule has 0 bridgehead atoms. The van der Waals surface area contributed by atoms with Gasteiger partial charge in [-0.2, -0.15) is 0 Å². The molecule has 0 saturated carbocycles. The van der Waals surface area contributed by atoms with E-state index in [1.54, 1.807) is 6.07 Å². The Morgan fingerprint density at radius 2 is 2.06 bits per heavy atom. The van der Waals surface area contributed by atoms with Crippen molar-refractivity contribution in [3.63, 3.8) is 0 Å². The number of aliphatic hydroxyl groups is 1. The van der Waals surface area contributed by atoms with Crippen molar-refractivity contribution in [1.29, 1.82) is 0 Å². The van der Waals surface area contributed by atoms with Crippen LogP contribution in [-0.2, 0) is 0 Å². The SMILES string of the molecule is Cc1cc(Br)cc(C(=O)N[C@@H](C)[C@@H](C)CO)c1. The van der Waals surface area contributed by atoms with Crippen molar-refractivity contribution in [2.24, 2.45) is 5.92 Å². The minimum absolute atomic E-state index is 0.0483. The number of rotatable bonds is 4. The van der Waals surface area contributed by atoms with Gasteiger partial charge in [-0.05, 0) is 43.5 Å². The number of benzene rings is 1. The fourth-order valence-corrected chi connectivity index (χ4v) is 2.07. The van der Waals surface area contributed by atoms with Gasteiger partial charge in [-0.3, -0.25) is 4.79 Å². The lowest BCUT2D eigenvalue weighted by Crippen LogP contribution is -2.38. The number of amides is 1. The van der Waals surface area contributed by atoms with E-state index in [9.17, 15) is 4.79 Å². The van der Waals surface area contributed by atoms with Crippen molar-refractivity contribution in [2.45, 2.75) is 26.8 Å². The predicted octanol–water partition coefficient (Wildman–Crippen LogP) is 2.50. The Bertz CT molecular complexity index is 386. The van der Waals surface area contributed by atoms with Gasteiger partial charge >= 0.3 is 0 Å². The summed E-state index contributed by atoms with van der Waals surface area (Å²) in [5.41, 5.74) is 1.67. The summed E-state index contributed by atoms with van der Waals surface area (Å²) in [5, 5.41) is 11.9. The van der Waals surface area contributed by atoms with Crippen LogP contribution in [-0.4, -0.2) is 23.7 Å². The van der Waals surface area contributed by atoms with Crippen LogP contribution in [0.3, 0.4) is 0 Å². The molecular weight excluding hydrogens is 282 g/mol. The van der Waals surface area contributed by atoms with Crippen molar-refractivity contribution in [1.82, 2.24) is 5.32 Å². The summed E-state index contributed by atoms with van der Waals surface area (Å²) in [6.45, 7) is 5.81. The second-order valence-electron chi connectivity index (χ2n) is 4.44. The van der Waals surface area contributed by atoms with Crippen LogP contribution in [0.15, 0.2) is 22.7 Å². The van der Waals surface area contributed by atoms with Gasteiger partial charge in [0.05, 0.1) is 0 Å². The maximum atomic E-state index is 12.0. The first kappa shape index (κ1) is 14.2. The molecule has 0 spiro atoms. The van der Waals surface area contributed by atoms with Crippen LogP contribution in [0.25, 0.3) is 0 Å². The highest BCUT2D eigenvalue weighted by Gasteiger charge is 2.15. The zero-order valence-electron chi connectivity index (χ0n) is 10.3. The second kappa shape index (κ2) is 6.17. The molecule has 1 aromatic rings. The van der Waals surface area contributed by atoms with E-state index in [4.69, 9.17) is 5.11 Å². The average molecular weight is 300 g/mol. The molecule has 0 unspecified atom stereocenters. The summed E-state index contributed by atoms with van der Waals surface area (Å²) in [6.07, 6.45) is 0. The third-order valence-corrected chi connectivity index (χ3v) is 3.26. The van der Waals surface area contributed by atoms with Crippen LogP contribution in [0.1, 0.15) is 29.8 Å². The maximum Gasteiger partial charge on any atom is 0.251 e. The molecule has 3 nitrogen and oxygen atoms in total. The predicted molar refractivity (Wildman–Crippen MR) is 72.1 cm³/mol. The zero-order chi connectivity index (χ0) is 13.0. The van der Waals surface area contributed by atoms with Crippen molar-refractivity contribution in [2.75, 3.05) is 6.61 Å². The minimum atomic E-state index is -0.109. The molecule has 17 heavy (non-hydrogen) atoms. The summed E-state index contributed by atoms with van der Waals surface area (Å²) < 4.78 is 0.894. The Morgan fingerprint density at radius 1 is 1.41 bits per heavy atom. The van der Waals surface area contributed by atoms with Gasteiger partial charge in [-0.1, -0.05) is 22.9 Å². The highest BCUT2D eigenvalue weighted by Crippen LogP contribution is 2.15. The second-order valence-corrected chi connectivity index (χ2v) is 5.35. The van der Waals surface area contributed by atoms with Crippen LogP contribution >= 0.6 is 15.9 Å². The lowest BCUT2D eigenvalue weighted by Gasteiger charge is -2.19. The van der Waals surface area contributed by atoms with Gasteiger partial charge < -0.3 is 10.4 Å². The van der Waals surface area contributed by atoms with Crippen molar-refractivity contribution >= 4 is 21.8 Å². The number of aryl methyl sites for hydroxylation is 1. The monoisotopic (exact) mass is 299 g/mol. The molecule has 0 aliphatic carbocycles. The number of hydrogen-bond acceptors (Lipinski definition) is 2. The molecule has 1 rings (SSSR count). The molecular formula is C13H18BrNO2. The van der Waals surface area contributed by atoms with Crippen LogP contribution in [0.5, 0.6) is 0 Å². The topological polar surface area (TPSA) is 49.3 Å². The molecule has 2 N–H and O–H groups in total. The van der Waals surface area contributed by atoms with Crippen molar-refractivity contribution in [3.05, 3.63) is 33.8 Å². The normalized spacial score (nSPS) is 14.2. The fraction of sp³-hybridized carbons (Fsp3) is 0.462. The Labute approximate surface area is 110 Å². The largest absolute Gasteiger partial charge is 0.396 e. The number of aliphatic hydroxyl groups excluding tert-OH is 1. The lowest BCUT2D eigenvalue weighted by molar-refractivity contribution is 0.0916. The molecule has 4 heteroatoms. The molecule has 0 fully saturated rings. The molecule has 1 amide bonds. The average Bonchev–Trinajstić information content (AvgIpc) is 2.26. The maximum absolute atomic E-state index is 12.0. The molecule has 2 atom stereocenters. The molecule has 0 radical (unpaired) electrons. The van der Waals surface area contributed by atoms with Crippen LogP contribution in [0.2, 0.25) is 0 Å². The van der Waals surface area contributed by atoms with E-state index in [-0.39, 0.29) is 24.5 Å². The minimum Gasteiger partial charge on any atom is -0.396 e. The standard InChI is InChI=1S/C13H18BrNO2/c1-8-4-11(6-12(14)5-8)13(17)15-10(3)9(2)7-16/h4-6,9-10,16H,7H2,1-3H3,(H,15,17)/t9-,10-/m0/s1. The Balaban J connectivity index is 2.76. The van der Waals surface area contributed by atoms with Crippen LogP contribution in [0, 0.1) is 12.8 Å². The summed E-state index contributed by atoms with van der Waals surface area (Å²) in [6, 6.07) is 5.54. The first-order valence-corrected chi connectivity index (χ1v) is 6.42. The van der Waals surface area contributed by atoms with Gasteiger partial charge in [0.25, 0.3) is 5.91 Å². The summed E-state index contributed by atoms with van der Waals surface area (Å²) in [4.78, 5) is 12.0. The molecule has 0 heterocycles. The zero-order valence-corrected chi connectivity index (χ0v) is 11.9. The van der Waals surface area contributed by atoms with Crippen LogP contribution < -0.4 is 5.32 Å². The Morgan fingerprint density at radius 3 is 2.59 bits per heavy atom. The van der Waals surface area contributed by atoms with E-state index < -0.39 is 0 Å². The van der Waals surface area contributed by atoms with Gasteiger partial charge in [0.2, 0.25) is 0 Å². The Hall–Kier alpha value is -0.870. The quantitative estimate of drug-likeness (QED) is 0.897. The number of halogens is 1. The summed E-state index contributed by atoms with van der Waals surface area (Å²) >= 11 is 3.37. The van der Waals surface area contributed by atoms with Gasteiger partial charge in [0.15, 0.2) is 0 Å². The van der Waals surface area contributed by atoms with E-state index in [0.29, 0.717) is 5.56 Å². The number of carbonyl (C=O) groups excluding carboxylic acids is 1. The fourth-order valence-electron chi connectivity index (χ4n) is 1.46. The van der Waals surface area contributed by atoms with Gasteiger partial charge in [-0.15, -0.1) is 0 Å². The van der Waals surface area contributed by atoms with Gasteiger partial charge in [0, 0.05) is 22.7 Å². The number of hydrogen-bond donors (Lipinski definition) is 2. The lowest BCUT2D eigenvalue weighted by atomic mass is 10.0. The molecule has 0 aromatic heterocycles. The third kappa shape index (κ3) is 4.13.